The predicted molar refractivity (Wildman–Crippen MR) is 109 cm³/mol. The summed E-state index contributed by atoms with van der Waals surface area (Å²) in [5.74, 6) is 1.08. The minimum absolute atomic E-state index is 0.101. The Hall–Kier alpha value is -2.73. The maximum atomic E-state index is 9.70. The van der Waals surface area contributed by atoms with Gasteiger partial charge in [0.05, 0.1) is 17.2 Å². The van der Waals surface area contributed by atoms with Crippen LogP contribution in [0.5, 0.6) is 5.75 Å². The number of nitrogen functional groups attached to an aromatic ring is 1. The molecule has 0 saturated heterocycles. The fourth-order valence-corrected chi connectivity index (χ4v) is 3.34. The number of allylic oxidation sites excluding steroid dienone is 1. The molecule has 6 heteroatoms. The number of hydrogen-bond donors (Lipinski definition) is 4. The second-order valence-corrected chi connectivity index (χ2v) is 6.75. The quantitative estimate of drug-likeness (QED) is 0.326. The molecule has 0 spiro atoms. The van der Waals surface area contributed by atoms with Gasteiger partial charge in [0.1, 0.15) is 12.4 Å². The summed E-state index contributed by atoms with van der Waals surface area (Å²) in [6, 6.07) is 6.65. The molecule has 6 nitrogen and oxygen atoms in total. The highest BCUT2D eigenvalue weighted by molar-refractivity contribution is 6.13. The van der Waals surface area contributed by atoms with Gasteiger partial charge in [-0.1, -0.05) is 13.8 Å². The summed E-state index contributed by atoms with van der Waals surface area (Å²) in [5.41, 5.74) is 10.1. The maximum Gasteiger partial charge on any atom is 0.116 e. The van der Waals surface area contributed by atoms with Gasteiger partial charge in [-0.05, 0) is 55.4 Å². The van der Waals surface area contributed by atoms with E-state index < -0.39 is 0 Å². The van der Waals surface area contributed by atoms with E-state index in [0.29, 0.717) is 23.6 Å². The third kappa shape index (κ3) is 4.34. The summed E-state index contributed by atoms with van der Waals surface area (Å²) < 4.78 is 5.96. The van der Waals surface area contributed by atoms with E-state index in [4.69, 9.17) is 15.9 Å². The van der Waals surface area contributed by atoms with Gasteiger partial charge in [0, 0.05) is 29.9 Å². The Kier molecular flexibility index (Phi) is 5.86. The molecule has 0 amide bonds. The lowest BCUT2D eigenvalue weighted by atomic mass is 10.0. The predicted octanol–water partition coefficient (Wildman–Crippen LogP) is 3.36. The van der Waals surface area contributed by atoms with Gasteiger partial charge in [-0.25, -0.2) is 0 Å². The molecular weight excluding hydrogens is 340 g/mol. The van der Waals surface area contributed by atoms with Crippen LogP contribution in [0.3, 0.4) is 0 Å². The highest BCUT2D eigenvalue weighted by Gasteiger charge is 2.18. The van der Waals surface area contributed by atoms with Gasteiger partial charge in [0.2, 0.25) is 0 Å². The van der Waals surface area contributed by atoms with Gasteiger partial charge in [0.25, 0.3) is 0 Å². The zero-order valence-electron chi connectivity index (χ0n) is 16.0. The molecule has 1 aliphatic carbocycles. The number of nitrogens with one attached hydrogen (secondary N) is 2. The molecule has 0 fully saturated rings. The monoisotopic (exact) mass is 368 g/mol. The Morgan fingerprint density at radius 1 is 1.26 bits per heavy atom. The number of phenols is 1. The van der Waals surface area contributed by atoms with Crippen molar-refractivity contribution >= 4 is 17.5 Å². The molecule has 144 valence electrons. The topological polar surface area (TPSA) is 98.4 Å². The highest BCUT2D eigenvalue weighted by Crippen LogP contribution is 2.27. The van der Waals surface area contributed by atoms with Crippen molar-refractivity contribution in [2.75, 3.05) is 32.0 Å². The lowest BCUT2D eigenvalue weighted by Gasteiger charge is -2.20. The fourth-order valence-electron chi connectivity index (χ4n) is 3.34. The number of aryl methyl sites for hydroxylation is 1. The molecule has 3 rings (SSSR count). The molecule has 0 aliphatic heterocycles. The molecule has 0 radical (unpaired) electrons. The number of phenolic OH excluding ortho intramolecular Hbond substituents is 1. The van der Waals surface area contributed by atoms with Crippen LogP contribution in [0.4, 0.5) is 5.69 Å². The van der Waals surface area contributed by atoms with E-state index in [9.17, 15) is 5.11 Å². The minimum atomic E-state index is 0.101. The van der Waals surface area contributed by atoms with Crippen LogP contribution >= 0.6 is 0 Å². The number of likely N-dealkylation sites (N-methyl/N-ethyl adjacent to an activating group) is 1. The number of benzene rings is 1. The van der Waals surface area contributed by atoms with E-state index in [1.165, 1.54) is 17.7 Å². The van der Waals surface area contributed by atoms with Crippen LogP contribution in [0.15, 0.2) is 30.0 Å². The molecule has 1 aliphatic rings. The molecule has 0 saturated carbocycles. The second kappa shape index (κ2) is 8.31. The van der Waals surface area contributed by atoms with Crippen LogP contribution in [-0.4, -0.2) is 46.9 Å². The van der Waals surface area contributed by atoms with Crippen molar-refractivity contribution in [3.05, 3.63) is 52.5 Å². The number of aromatic amines is 1. The normalized spacial score (nSPS) is 13.4. The van der Waals surface area contributed by atoms with Gasteiger partial charge in [-0.3, -0.25) is 5.41 Å². The van der Waals surface area contributed by atoms with Gasteiger partial charge >= 0.3 is 0 Å². The first-order chi connectivity index (χ1) is 13.0. The zero-order chi connectivity index (χ0) is 19.4. The molecule has 0 bridgehead atoms. The van der Waals surface area contributed by atoms with Crippen LogP contribution in [0, 0.1) is 5.41 Å². The van der Waals surface area contributed by atoms with E-state index in [-0.39, 0.29) is 11.5 Å². The Labute approximate surface area is 160 Å². The molecule has 2 aromatic rings. The summed E-state index contributed by atoms with van der Waals surface area (Å²) in [7, 11) is 0. The summed E-state index contributed by atoms with van der Waals surface area (Å²) in [5, 5.41) is 18.2. The van der Waals surface area contributed by atoms with Crippen molar-refractivity contribution in [2.45, 2.75) is 26.7 Å². The van der Waals surface area contributed by atoms with Crippen LogP contribution in [0.2, 0.25) is 0 Å². The second-order valence-electron chi connectivity index (χ2n) is 6.75. The fraction of sp³-hybridized carbons (Fsp3) is 0.381. The van der Waals surface area contributed by atoms with Crippen molar-refractivity contribution < 1.29 is 9.84 Å². The van der Waals surface area contributed by atoms with Crippen molar-refractivity contribution in [1.82, 2.24) is 9.88 Å². The number of fused-ring (bicyclic) bond motifs is 1. The van der Waals surface area contributed by atoms with Crippen molar-refractivity contribution in [1.29, 1.82) is 5.41 Å². The number of aromatic hydroxyl groups is 1. The van der Waals surface area contributed by atoms with Gasteiger partial charge in [-0.2, -0.15) is 0 Å². The van der Waals surface area contributed by atoms with E-state index >= 15 is 0 Å². The number of anilines is 1. The average Bonchev–Trinajstić information content (AvgIpc) is 3.10. The number of ether oxygens (including phenoxy) is 1. The molecule has 0 unspecified atom stereocenters. The van der Waals surface area contributed by atoms with Crippen LogP contribution in [0.25, 0.3) is 6.08 Å². The highest BCUT2D eigenvalue weighted by atomic mass is 16.5. The largest absolute Gasteiger partial charge is 0.508 e. The summed E-state index contributed by atoms with van der Waals surface area (Å²) in [6.07, 6.45) is 3.78. The lowest BCUT2D eigenvalue weighted by molar-refractivity contribution is 0.159. The number of nitrogens with zero attached hydrogens (tertiary/aromatic N) is 1. The lowest BCUT2D eigenvalue weighted by Crippen LogP contribution is -2.27. The molecule has 5 N–H and O–H groups in total. The first-order valence-electron chi connectivity index (χ1n) is 9.47. The van der Waals surface area contributed by atoms with Gasteiger partial charge in [0.15, 0.2) is 0 Å². The molecule has 1 aromatic heterocycles. The van der Waals surface area contributed by atoms with Gasteiger partial charge in [-0.15, -0.1) is 0 Å². The van der Waals surface area contributed by atoms with Crippen LogP contribution < -0.4 is 5.73 Å². The third-order valence-electron chi connectivity index (χ3n) is 5.04. The number of nitrogens with two attached hydrogens (primary N) is 1. The number of aromatic nitrogens is 1. The number of hydrogen-bond acceptors (Lipinski definition) is 5. The third-order valence-corrected chi connectivity index (χ3v) is 5.04. The van der Waals surface area contributed by atoms with Crippen molar-refractivity contribution in [3.8, 4) is 5.75 Å². The minimum Gasteiger partial charge on any atom is -0.508 e. The van der Waals surface area contributed by atoms with E-state index in [2.05, 4.69) is 23.7 Å². The average molecular weight is 368 g/mol. The SMILES string of the molecule is CCN(CC)CCOC1=Cc2[nH]c(C(=N)c3cc(O)ccc3N)cc2CC1. The Bertz CT molecular complexity index is 850. The van der Waals surface area contributed by atoms with Crippen molar-refractivity contribution in [2.24, 2.45) is 0 Å². The maximum absolute atomic E-state index is 9.70. The molecule has 1 heterocycles. The number of H-pyrrole nitrogens is 1. The standard InChI is InChI=1S/C21H28N4O2/c1-3-25(4-2)9-10-27-16-7-5-14-11-20(24-19(14)13-16)21(23)17-12-15(26)6-8-18(17)22/h6,8,11-13,23-24,26H,3-5,7,9-10,22H2,1-2H3. The Morgan fingerprint density at radius 2 is 2.04 bits per heavy atom. The first kappa shape index (κ1) is 19.0. The zero-order valence-corrected chi connectivity index (χ0v) is 16.0. The van der Waals surface area contributed by atoms with Gasteiger partial charge < -0.3 is 25.5 Å². The van der Waals surface area contributed by atoms with E-state index in [1.54, 1.807) is 6.07 Å². The molecule has 0 atom stereocenters. The van der Waals surface area contributed by atoms with E-state index in [1.807, 2.05) is 12.1 Å². The number of rotatable bonds is 8. The molecule has 27 heavy (non-hydrogen) atoms. The molecular formula is C21H28N4O2. The Balaban J connectivity index is 1.72. The first-order valence-corrected chi connectivity index (χ1v) is 9.47. The van der Waals surface area contributed by atoms with E-state index in [0.717, 1.165) is 43.9 Å². The van der Waals surface area contributed by atoms with Crippen LogP contribution in [-0.2, 0) is 11.2 Å². The molecule has 1 aromatic carbocycles. The Morgan fingerprint density at radius 3 is 2.78 bits per heavy atom. The summed E-state index contributed by atoms with van der Waals surface area (Å²) >= 11 is 0. The summed E-state index contributed by atoms with van der Waals surface area (Å²) in [6.45, 7) is 7.99. The van der Waals surface area contributed by atoms with Crippen LogP contribution in [0.1, 0.15) is 42.8 Å². The smallest absolute Gasteiger partial charge is 0.116 e. The van der Waals surface area contributed by atoms with Crippen molar-refractivity contribution in [3.63, 3.8) is 0 Å². The summed E-state index contributed by atoms with van der Waals surface area (Å²) in [4.78, 5) is 5.64.